The molecule has 110 valence electrons. The highest BCUT2D eigenvalue weighted by atomic mass is 32.2. The summed E-state index contributed by atoms with van der Waals surface area (Å²) in [5, 5.41) is 9.12. The quantitative estimate of drug-likeness (QED) is 0.902. The van der Waals surface area contributed by atoms with Gasteiger partial charge in [0.05, 0.1) is 11.5 Å². The van der Waals surface area contributed by atoms with E-state index < -0.39 is 10.0 Å². The van der Waals surface area contributed by atoms with Crippen LogP contribution in [0, 0.1) is 0 Å². The van der Waals surface area contributed by atoms with Crippen LogP contribution in [0.3, 0.4) is 0 Å². The molecule has 3 rings (SSSR count). The van der Waals surface area contributed by atoms with Gasteiger partial charge in [-0.2, -0.15) is 0 Å². The van der Waals surface area contributed by atoms with Crippen LogP contribution in [0.25, 0.3) is 0 Å². The Hall–Kier alpha value is -1.69. The van der Waals surface area contributed by atoms with Crippen molar-refractivity contribution in [3.05, 3.63) is 65.2 Å². The number of benzene rings is 2. The van der Waals surface area contributed by atoms with Crippen LogP contribution in [-0.2, 0) is 29.5 Å². The minimum Gasteiger partial charge on any atom is -0.392 e. The Morgan fingerprint density at radius 3 is 2.33 bits per heavy atom. The van der Waals surface area contributed by atoms with Gasteiger partial charge in [-0.05, 0) is 41.7 Å². The third-order valence-corrected chi connectivity index (χ3v) is 5.28. The van der Waals surface area contributed by atoms with Gasteiger partial charge < -0.3 is 5.11 Å². The predicted octanol–water partition coefficient (Wildman–Crippen LogP) is 1.62. The van der Waals surface area contributed by atoms with E-state index >= 15 is 0 Å². The SMILES string of the molecule is O=S(=O)(NC1Cc2ccccc2C1)c1cccc(CO)c1. The Morgan fingerprint density at radius 2 is 1.71 bits per heavy atom. The Kier molecular flexibility index (Phi) is 3.80. The summed E-state index contributed by atoms with van der Waals surface area (Å²) < 4.78 is 27.6. The summed E-state index contributed by atoms with van der Waals surface area (Å²) in [5.41, 5.74) is 3.00. The Morgan fingerprint density at radius 1 is 1.05 bits per heavy atom. The van der Waals surface area contributed by atoms with Crippen LogP contribution in [0.4, 0.5) is 0 Å². The third kappa shape index (κ3) is 3.00. The molecular weight excluding hydrogens is 286 g/mol. The molecule has 0 aromatic heterocycles. The predicted molar refractivity (Wildman–Crippen MR) is 80.3 cm³/mol. The van der Waals surface area contributed by atoms with Crippen molar-refractivity contribution in [2.24, 2.45) is 0 Å². The van der Waals surface area contributed by atoms with Crippen LogP contribution in [0.15, 0.2) is 53.4 Å². The summed E-state index contributed by atoms with van der Waals surface area (Å²) >= 11 is 0. The number of aliphatic hydroxyl groups excluding tert-OH is 1. The first kappa shape index (κ1) is 14.3. The average molecular weight is 303 g/mol. The highest BCUT2D eigenvalue weighted by Gasteiger charge is 2.26. The van der Waals surface area contributed by atoms with Crippen LogP contribution in [-0.4, -0.2) is 19.6 Å². The number of sulfonamides is 1. The van der Waals surface area contributed by atoms with Gasteiger partial charge in [0.15, 0.2) is 0 Å². The summed E-state index contributed by atoms with van der Waals surface area (Å²) in [6.45, 7) is -0.168. The first-order valence-electron chi connectivity index (χ1n) is 6.87. The molecule has 0 aliphatic heterocycles. The fraction of sp³-hybridized carbons (Fsp3) is 0.250. The van der Waals surface area contributed by atoms with E-state index in [1.807, 2.05) is 24.3 Å². The minimum absolute atomic E-state index is 0.106. The second-order valence-corrected chi connectivity index (χ2v) is 7.01. The molecule has 1 aliphatic rings. The van der Waals surface area contributed by atoms with Gasteiger partial charge in [-0.3, -0.25) is 0 Å². The minimum atomic E-state index is -3.56. The first-order chi connectivity index (χ1) is 10.1. The van der Waals surface area contributed by atoms with Gasteiger partial charge in [0, 0.05) is 6.04 Å². The van der Waals surface area contributed by atoms with Gasteiger partial charge in [-0.1, -0.05) is 36.4 Å². The van der Waals surface area contributed by atoms with E-state index in [9.17, 15) is 8.42 Å². The fourth-order valence-electron chi connectivity index (χ4n) is 2.74. The van der Waals surface area contributed by atoms with Gasteiger partial charge >= 0.3 is 0 Å². The lowest BCUT2D eigenvalue weighted by Gasteiger charge is -2.13. The van der Waals surface area contributed by atoms with Gasteiger partial charge in [-0.15, -0.1) is 0 Å². The smallest absolute Gasteiger partial charge is 0.240 e. The number of aliphatic hydroxyl groups is 1. The second kappa shape index (κ2) is 5.60. The molecular formula is C16H17NO3S. The van der Waals surface area contributed by atoms with Gasteiger partial charge in [-0.25, -0.2) is 13.1 Å². The van der Waals surface area contributed by atoms with Crippen molar-refractivity contribution in [3.8, 4) is 0 Å². The van der Waals surface area contributed by atoms with Crippen LogP contribution in [0.2, 0.25) is 0 Å². The maximum atomic E-state index is 12.4. The molecule has 0 unspecified atom stereocenters. The summed E-state index contributed by atoms with van der Waals surface area (Å²) in [6, 6.07) is 14.3. The van der Waals surface area contributed by atoms with E-state index in [2.05, 4.69) is 4.72 Å². The maximum Gasteiger partial charge on any atom is 0.240 e. The average Bonchev–Trinajstić information content (AvgIpc) is 2.88. The van der Waals surface area contributed by atoms with Gasteiger partial charge in [0.25, 0.3) is 0 Å². The van der Waals surface area contributed by atoms with E-state index in [1.165, 1.54) is 17.2 Å². The Bertz CT molecular complexity index is 731. The third-order valence-electron chi connectivity index (χ3n) is 3.76. The van der Waals surface area contributed by atoms with Crippen LogP contribution < -0.4 is 4.72 Å². The Labute approximate surface area is 124 Å². The number of hydrogen-bond acceptors (Lipinski definition) is 3. The summed E-state index contributed by atoms with van der Waals surface area (Å²) in [6.07, 6.45) is 1.43. The molecule has 0 saturated heterocycles. The summed E-state index contributed by atoms with van der Waals surface area (Å²) in [4.78, 5) is 0.199. The Balaban J connectivity index is 1.78. The zero-order chi connectivity index (χ0) is 14.9. The number of rotatable bonds is 4. The van der Waals surface area contributed by atoms with Crippen molar-refractivity contribution in [2.75, 3.05) is 0 Å². The van der Waals surface area contributed by atoms with Gasteiger partial charge in [0.2, 0.25) is 10.0 Å². The molecule has 0 fully saturated rings. The molecule has 2 aromatic rings. The molecule has 1 aliphatic carbocycles. The standard InChI is InChI=1S/C16H17NO3S/c18-11-12-4-3-7-16(8-12)21(19,20)17-15-9-13-5-1-2-6-14(13)10-15/h1-8,15,17-18H,9-11H2. The molecule has 0 heterocycles. The highest BCUT2D eigenvalue weighted by Crippen LogP contribution is 2.23. The molecule has 4 nitrogen and oxygen atoms in total. The number of hydrogen-bond donors (Lipinski definition) is 2. The zero-order valence-corrected chi connectivity index (χ0v) is 12.3. The van der Waals surface area contributed by atoms with Gasteiger partial charge in [0.1, 0.15) is 0 Å². The lowest BCUT2D eigenvalue weighted by Crippen LogP contribution is -2.35. The molecule has 0 spiro atoms. The summed E-state index contributed by atoms with van der Waals surface area (Å²) in [7, 11) is -3.56. The van der Waals surface area contributed by atoms with E-state index in [0.29, 0.717) is 5.56 Å². The number of nitrogens with one attached hydrogen (secondary N) is 1. The largest absolute Gasteiger partial charge is 0.392 e. The fourth-order valence-corrected chi connectivity index (χ4v) is 4.05. The number of fused-ring (bicyclic) bond motifs is 1. The van der Waals surface area contributed by atoms with Crippen LogP contribution >= 0.6 is 0 Å². The molecule has 0 saturated carbocycles. The molecule has 21 heavy (non-hydrogen) atoms. The second-order valence-electron chi connectivity index (χ2n) is 5.30. The maximum absolute atomic E-state index is 12.4. The topological polar surface area (TPSA) is 66.4 Å². The van der Waals surface area contributed by atoms with E-state index in [4.69, 9.17) is 5.11 Å². The van der Waals surface area contributed by atoms with E-state index in [-0.39, 0.29) is 17.5 Å². The van der Waals surface area contributed by atoms with Crippen molar-refractivity contribution in [1.29, 1.82) is 0 Å². The van der Waals surface area contributed by atoms with Crippen LogP contribution in [0.1, 0.15) is 16.7 Å². The molecule has 5 heteroatoms. The molecule has 0 bridgehead atoms. The van der Waals surface area contributed by atoms with E-state index in [0.717, 1.165) is 12.8 Å². The van der Waals surface area contributed by atoms with Crippen molar-refractivity contribution < 1.29 is 13.5 Å². The molecule has 2 N–H and O–H groups in total. The zero-order valence-electron chi connectivity index (χ0n) is 11.5. The normalized spacial score (nSPS) is 15.1. The van der Waals surface area contributed by atoms with Crippen molar-refractivity contribution >= 4 is 10.0 Å². The molecule has 0 amide bonds. The molecule has 0 atom stereocenters. The highest BCUT2D eigenvalue weighted by molar-refractivity contribution is 7.89. The van der Waals surface area contributed by atoms with Crippen LogP contribution in [0.5, 0.6) is 0 Å². The van der Waals surface area contributed by atoms with E-state index in [1.54, 1.807) is 18.2 Å². The lowest BCUT2D eigenvalue weighted by atomic mass is 10.1. The molecule has 0 radical (unpaired) electrons. The monoisotopic (exact) mass is 303 g/mol. The first-order valence-corrected chi connectivity index (χ1v) is 8.36. The van der Waals surface area contributed by atoms with Crippen molar-refractivity contribution in [3.63, 3.8) is 0 Å². The molecule has 2 aromatic carbocycles. The van der Waals surface area contributed by atoms with Crippen molar-refractivity contribution in [2.45, 2.75) is 30.4 Å². The van der Waals surface area contributed by atoms with Crippen molar-refractivity contribution in [1.82, 2.24) is 4.72 Å². The summed E-state index contributed by atoms with van der Waals surface area (Å²) in [5.74, 6) is 0. The lowest BCUT2D eigenvalue weighted by molar-refractivity contribution is 0.281.